The summed E-state index contributed by atoms with van der Waals surface area (Å²) < 4.78 is 5.21. The van der Waals surface area contributed by atoms with Crippen LogP contribution in [0.2, 0.25) is 0 Å². The molecule has 2 saturated carbocycles. The molecular weight excluding hydrogens is 312 g/mol. The summed E-state index contributed by atoms with van der Waals surface area (Å²) in [5.74, 6) is 3.56. The van der Waals surface area contributed by atoms with Crippen LogP contribution in [0.25, 0.3) is 0 Å². The number of unbranched alkanes of at least 4 members (excludes halogenated alkanes) is 1. The highest BCUT2D eigenvalue weighted by Gasteiger charge is 2.48. The fourth-order valence-electron chi connectivity index (χ4n) is 6.24. The molecule has 0 bridgehead atoms. The molecule has 3 heteroatoms. The number of hydrogen-bond acceptors (Lipinski definition) is 3. The summed E-state index contributed by atoms with van der Waals surface area (Å²) in [6.45, 7) is 0.836. The lowest BCUT2D eigenvalue weighted by Gasteiger charge is -2.47. The van der Waals surface area contributed by atoms with Gasteiger partial charge in [0, 0.05) is 13.7 Å². The maximum Gasteiger partial charge on any atom is 0.115 e. The molecule has 3 aliphatic rings. The van der Waals surface area contributed by atoms with E-state index in [1.165, 1.54) is 49.7 Å². The maximum atomic E-state index is 10.4. The zero-order chi connectivity index (χ0) is 17.4. The fraction of sp³-hybridized carbons (Fsp3) is 0.727. The van der Waals surface area contributed by atoms with Crippen LogP contribution in [0.3, 0.4) is 0 Å². The summed E-state index contributed by atoms with van der Waals surface area (Å²) in [6.07, 6.45) is 9.23. The molecule has 2 N–H and O–H groups in total. The van der Waals surface area contributed by atoms with Crippen LogP contribution in [-0.4, -0.2) is 30.0 Å². The molecule has 0 heterocycles. The highest BCUT2D eigenvalue weighted by molar-refractivity contribution is 5.42. The van der Waals surface area contributed by atoms with E-state index in [4.69, 9.17) is 4.74 Å². The molecule has 4 rings (SSSR count). The first-order valence-corrected chi connectivity index (χ1v) is 10.2. The number of hydrogen-bond donors (Lipinski definition) is 2. The Labute approximate surface area is 151 Å². The minimum atomic E-state index is -0.0627. The largest absolute Gasteiger partial charge is 0.508 e. The number of aromatic hydroxyl groups is 1. The van der Waals surface area contributed by atoms with Crippen LogP contribution in [0, 0.1) is 17.8 Å². The zero-order valence-electron chi connectivity index (χ0n) is 15.4. The Hall–Kier alpha value is -1.06. The molecule has 3 aliphatic carbocycles. The van der Waals surface area contributed by atoms with E-state index < -0.39 is 0 Å². The second-order valence-corrected chi connectivity index (χ2v) is 8.55. The second kappa shape index (κ2) is 7.28. The van der Waals surface area contributed by atoms with Crippen LogP contribution in [0.1, 0.15) is 74.3 Å². The van der Waals surface area contributed by atoms with Gasteiger partial charge in [-0.15, -0.1) is 0 Å². The van der Waals surface area contributed by atoms with E-state index in [-0.39, 0.29) is 6.10 Å². The number of fused-ring (bicyclic) bond motifs is 5. The van der Waals surface area contributed by atoms with Gasteiger partial charge in [0.25, 0.3) is 0 Å². The average Bonchev–Trinajstić information content (AvgIpc) is 3.00. The summed E-state index contributed by atoms with van der Waals surface area (Å²) in [5, 5.41) is 20.4. The minimum Gasteiger partial charge on any atom is -0.508 e. The number of phenolic OH excluding ortho intramolecular Hbond substituents is 1. The molecule has 3 nitrogen and oxygen atoms in total. The van der Waals surface area contributed by atoms with Crippen molar-refractivity contribution < 1.29 is 14.9 Å². The molecule has 0 saturated heterocycles. The van der Waals surface area contributed by atoms with Gasteiger partial charge in [0.15, 0.2) is 0 Å². The topological polar surface area (TPSA) is 49.7 Å². The number of ether oxygens (including phenoxy) is 1. The fourth-order valence-corrected chi connectivity index (χ4v) is 6.24. The van der Waals surface area contributed by atoms with Crippen molar-refractivity contribution >= 4 is 0 Å². The summed E-state index contributed by atoms with van der Waals surface area (Å²) in [4.78, 5) is 0. The van der Waals surface area contributed by atoms with Crippen molar-refractivity contribution in [2.45, 2.75) is 69.3 Å². The molecule has 0 spiro atoms. The highest BCUT2D eigenvalue weighted by Crippen LogP contribution is 2.58. The lowest BCUT2D eigenvalue weighted by atomic mass is 9.58. The van der Waals surface area contributed by atoms with Gasteiger partial charge in [0.2, 0.25) is 0 Å². The second-order valence-electron chi connectivity index (χ2n) is 8.55. The monoisotopic (exact) mass is 344 g/mol. The number of benzene rings is 1. The smallest absolute Gasteiger partial charge is 0.115 e. The van der Waals surface area contributed by atoms with Gasteiger partial charge in [0.1, 0.15) is 5.75 Å². The van der Waals surface area contributed by atoms with E-state index in [0.29, 0.717) is 29.4 Å². The number of methoxy groups -OCH3 is 1. The van der Waals surface area contributed by atoms with E-state index in [2.05, 4.69) is 6.07 Å². The van der Waals surface area contributed by atoms with Crippen molar-refractivity contribution in [3.63, 3.8) is 0 Å². The third kappa shape index (κ3) is 3.21. The molecule has 0 radical (unpaired) electrons. The van der Waals surface area contributed by atoms with E-state index in [9.17, 15) is 10.2 Å². The summed E-state index contributed by atoms with van der Waals surface area (Å²) >= 11 is 0. The maximum absolute atomic E-state index is 10.4. The van der Waals surface area contributed by atoms with Crippen LogP contribution in [0.4, 0.5) is 0 Å². The first kappa shape index (κ1) is 17.4. The normalized spacial score (nSPS) is 36.6. The third-order valence-electron chi connectivity index (χ3n) is 7.34. The van der Waals surface area contributed by atoms with Crippen molar-refractivity contribution in [3.05, 3.63) is 29.3 Å². The van der Waals surface area contributed by atoms with Gasteiger partial charge in [0.05, 0.1) is 6.10 Å². The van der Waals surface area contributed by atoms with E-state index in [0.717, 1.165) is 25.4 Å². The van der Waals surface area contributed by atoms with Crippen molar-refractivity contribution in [1.29, 1.82) is 0 Å². The summed E-state index contributed by atoms with van der Waals surface area (Å²) in [5.41, 5.74) is 2.89. The van der Waals surface area contributed by atoms with Crippen LogP contribution in [0.15, 0.2) is 18.2 Å². The highest BCUT2D eigenvalue weighted by atomic mass is 16.5. The van der Waals surface area contributed by atoms with Crippen molar-refractivity contribution in [1.82, 2.24) is 0 Å². The SMILES string of the molecule is COCCCC[C@@H]1C[C@@H]2[C@H](CCC3[C@H]2CC[C@@H]3O)c2ccc(O)cc21. The van der Waals surface area contributed by atoms with Gasteiger partial charge in [-0.3, -0.25) is 0 Å². The Morgan fingerprint density at radius 1 is 1.00 bits per heavy atom. The number of phenols is 1. The van der Waals surface area contributed by atoms with E-state index in [1.54, 1.807) is 7.11 Å². The Morgan fingerprint density at radius 3 is 2.68 bits per heavy atom. The standard InChI is InChI=1S/C22H32O3/c1-25-11-3-2-4-14-12-21-17(16-6-5-15(23)13-20(14)16)7-8-19-18(21)9-10-22(19)24/h5-6,13-14,17-19,21-24H,2-4,7-12H2,1H3/t14-,17-,18-,19?,21-,22+/m1/s1. The molecule has 138 valence electrons. The summed E-state index contributed by atoms with van der Waals surface area (Å²) in [6, 6.07) is 6.09. The Bertz CT molecular complexity index is 599. The molecule has 25 heavy (non-hydrogen) atoms. The Morgan fingerprint density at radius 2 is 1.84 bits per heavy atom. The molecule has 1 aromatic rings. The molecule has 2 fully saturated rings. The van der Waals surface area contributed by atoms with Gasteiger partial charge in [-0.05, 0) is 97.8 Å². The third-order valence-corrected chi connectivity index (χ3v) is 7.34. The lowest BCUT2D eigenvalue weighted by molar-refractivity contribution is 0.0522. The van der Waals surface area contributed by atoms with Crippen molar-refractivity contribution in [3.8, 4) is 5.75 Å². The molecule has 0 amide bonds. The van der Waals surface area contributed by atoms with Gasteiger partial charge < -0.3 is 14.9 Å². The number of rotatable bonds is 5. The summed E-state index contributed by atoms with van der Waals surface area (Å²) in [7, 11) is 1.77. The van der Waals surface area contributed by atoms with Crippen molar-refractivity contribution in [2.75, 3.05) is 13.7 Å². The van der Waals surface area contributed by atoms with Crippen LogP contribution >= 0.6 is 0 Å². The molecular formula is C22H32O3. The molecule has 6 atom stereocenters. The molecule has 0 aliphatic heterocycles. The number of aliphatic hydroxyl groups excluding tert-OH is 1. The van der Waals surface area contributed by atoms with Gasteiger partial charge in [-0.2, -0.15) is 0 Å². The van der Waals surface area contributed by atoms with Crippen LogP contribution in [-0.2, 0) is 4.74 Å². The average molecular weight is 344 g/mol. The van der Waals surface area contributed by atoms with Gasteiger partial charge >= 0.3 is 0 Å². The van der Waals surface area contributed by atoms with E-state index in [1.807, 2.05) is 12.1 Å². The predicted octanol–water partition coefficient (Wildman–Crippen LogP) is 4.58. The quantitative estimate of drug-likeness (QED) is 0.769. The Balaban J connectivity index is 1.59. The van der Waals surface area contributed by atoms with Crippen LogP contribution in [0.5, 0.6) is 5.75 Å². The number of aliphatic hydroxyl groups is 1. The van der Waals surface area contributed by atoms with E-state index >= 15 is 0 Å². The molecule has 1 unspecified atom stereocenters. The molecule has 1 aromatic carbocycles. The van der Waals surface area contributed by atoms with Gasteiger partial charge in [-0.25, -0.2) is 0 Å². The molecule has 0 aromatic heterocycles. The van der Waals surface area contributed by atoms with Crippen LogP contribution < -0.4 is 0 Å². The predicted molar refractivity (Wildman–Crippen MR) is 98.9 cm³/mol. The minimum absolute atomic E-state index is 0.0627. The first-order valence-electron chi connectivity index (χ1n) is 10.2. The zero-order valence-corrected chi connectivity index (χ0v) is 15.4. The van der Waals surface area contributed by atoms with Gasteiger partial charge in [-0.1, -0.05) is 12.5 Å². The lowest BCUT2D eigenvalue weighted by Crippen LogP contribution is -2.37. The Kier molecular flexibility index (Phi) is 5.06. The van der Waals surface area contributed by atoms with Crippen molar-refractivity contribution in [2.24, 2.45) is 17.8 Å². The first-order chi connectivity index (χ1) is 12.2.